The zero-order chi connectivity index (χ0) is 14.8. The second-order valence-corrected chi connectivity index (χ2v) is 5.96. The number of sulfonamides is 1. The molecule has 2 aromatic rings. The van der Waals surface area contributed by atoms with E-state index in [9.17, 15) is 8.42 Å². The number of aromatic amines is 1. The number of hydrogen-bond acceptors (Lipinski definition) is 5. The Labute approximate surface area is 117 Å². The van der Waals surface area contributed by atoms with Gasteiger partial charge in [0.05, 0.1) is 18.5 Å². The van der Waals surface area contributed by atoms with Crippen LogP contribution in [0.2, 0.25) is 0 Å². The Kier molecular flexibility index (Phi) is 4.05. The number of methoxy groups -OCH3 is 1. The largest absolute Gasteiger partial charge is 0.481 e. The topological polar surface area (TPSA) is 97.0 Å². The standard InChI is InChI=1S/C12H16N4O3S/c1-8-11(9(2)16-15-8)20(17,18)14-7-10-5-4-6-13-12(10)19-3/h4-6,14H,7H2,1-3H3,(H,15,16). The number of nitrogens with one attached hydrogen (secondary N) is 2. The monoisotopic (exact) mass is 296 g/mol. The van der Waals surface area contributed by atoms with Crippen molar-refractivity contribution in [1.29, 1.82) is 0 Å². The van der Waals surface area contributed by atoms with Gasteiger partial charge in [-0.05, 0) is 19.9 Å². The molecule has 0 aliphatic carbocycles. The Morgan fingerprint density at radius 2 is 2.15 bits per heavy atom. The molecule has 0 aliphatic heterocycles. The van der Waals surface area contributed by atoms with Gasteiger partial charge in [0.2, 0.25) is 15.9 Å². The van der Waals surface area contributed by atoms with Crippen LogP contribution in [0.3, 0.4) is 0 Å². The van der Waals surface area contributed by atoms with Crippen molar-refractivity contribution in [3.8, 4) is 5.88 Å². The lowest BCUT2D eigenvalue weighted by Crippen LogP contribution is -2.24. The van der Waals surface area contributed by atoms with E-state index >= 15 is 0 Å². The molecule has 8 heteroatoms. The van der Waals surface area contributed by atoms with E-state index in [1.165, 1.54) is 7.11 Å². The van der Waals surface area contributed by atoms with Gasteiger partial charge in [-0.1, -0.05) is 6.07 Å². The lowest BCUT2D eigenvalue weighted by atomic mass is 10.3. The van der Waals surface area contributed by atoms with Gasteiger partial charge < -0.3 is 4.74 Å². The number of hydrogen-bond donors (Lipinski definition) is 2. The minimum absolute atomic E-state index is 0.101. The zero-order valence-corrected chi connectivity index (χ0v) is 12.3. The van der Waals surface area contributed by atoms with Crippen LogP contribution in [0.1, 0.15) is 17.0 Å². The second-order valence-electron chi connectivity index (χ2n) is 4.26. The summed E-state index contributed by atoms with van der Waals surface area (Å²) in [5, 5.41) is 6.55. The molecule has 0 amide bonds. The fourth-order valence-electron chi connectivity index (χ4n) is 1.92. The molecule has 0 spiro atoms. The Morgan fingerprint density at radius 3 is 2.75 bits per heavy atom. The minimum Gasteiger partial charge on any atom is -0.481 e. The summed E-state index contributed by atoms with van der Waals surface area (Å²) in [6.45, 7) is 3.41. The molecule has 2 heterocycles. The SMILES string of the molecule is COc1ncccc1CNS(=O)(=O)c1c(C)n[nH]c1C. The predicted molar refractivity (Wildman–Crippen MR) is 72.9 cm³/mol. The van der Waals surface area contributed by atoms with Crippen LogP contribution in [0.4, 0.5) is 0 Å². The zero-order valence-electron chi connectivity index (χ0n) is 11.5. The molecule has 0 saturated heterocycles. The van der Waals surface area contributed by atoms with Gasteiger partial charge in [-0.3, -0.25) is 5.10 Å². The highest BCUT2D eigenvalue weighted by Crippen LogP contribution is 2.18. The van der Waals surface area contributed by atoms with Gasteiger partial charge in [-0.25, -0.2) is 18.1 Å². The molecule has 0 radical (unpaired) electrons. The Bertz CT molecular complexity index is 690. The van der Waals surface area contributed by atoms with E-state index in [1.807, 2.05) is 0 Å². The predicted octanol–water partition coefficient (Wildman–Crippen LogP) is 0.909. The Hall–Kier alpha value is -1.93. The number of aryl methyl sites for hydroxylation is 2. The van der Waals surface area contributed by atoms with E-state index in [-0.39, 0.29) is 11.4 Å². The summed E-state index contributed by atoms with van der Waals surface area (Å²) in [5.41, 5.74) is 1.61. The average Bonchev–Trinajstić information content (AvgIpc) is 2.77. The van der Waals surface area contributed by atoms with Crippen LogP contribution in [0.15, 0.2) is 23.2 Å². The lowest BCUT2D eigenvalue weighted by molar-refractivity contribution is 0.392. The fourth-order valence-corrected chi connectivity index (χ4v) is 3.30. The number of aromatic nitrogens is 3. The summed E-state index contributed by atoms with van der Waals surface area (Å²) in [6.07, 6.45) is 1.58. The van der Waals surface area contributed by atoms with Crippen molar-refractivity contribution in [2.75, 3.05) is 7.11 Å². The summed E-state index contributed by atoms with van der Waals surface area (Å²) in [7, 11) is -2.14. The number of nitrogens with zero attached hydrogens (tertiary/aromatic N) is 2. The lowest BCUT2D eigenvalue weighted by Gasteiger charge is -2.09. The van der Waals surface area contributed by atoms with E-state index in [1.54, 1.807) is 32.2 Å². The van der Waals surface area contributed by atoms with Crippen molar-refractivity contribution < 1.29 is 13.2 Å². The molecule has 0 unspecified atom stereocenters. The smallest absolute Gasteiger partial charge is 0.244 e. The summed E-state index contributed by atoms with van der Waals surface area (Å²) >= 11 is 0. The van der Waals surface area contributed by atoms with E-state index in [0.717, 1.165) is 0 Å². The summed E-state index contributed by atoms with van der Waals surface area (Å²) in [6, 6.07) is 3.48. The summed E-state index contributed by atoms with van der Waals surface area (Å²) in [5.74, 6) is 0.399. The molecule has 20 heavy (non-hydrogen) atoms. The number of pyridine rings is 1. The maximum atomic E-state index is 12.3. The first-order valence-corrected chi connectivity index (χ1v) is 7.43. The third kappa shape index (κ3) is 2.81. The number of ether oxygens (including phenoxy) is 1. The first-order valence-electron chi connectivity index (χ1n) is 5.95. The van der Waals surface area contributed by atoms with Crippen LogP contribution in [0, 0.1) is 13.8 Å². The van der Waals surface area contributed by atoms with Crippen LogP contribution in [-0.2, 0) is 16.6 Å². The van der Waals surface area contributed by atoms with E-state index in [4.69, 9.17) is 4.74 Å². The van der Waals surface area contributed by atoms with Crippen molar-refractivity contribution in [1.82, 2.24) is 19.9 Å². The molecule has 0 aliphatic rings. The molecule has 0 fully saturated rings. The Balaban J connectivity index is 2.22. The minimum atomic E-state index is -3.63. The molecule has 0 atom stereocenters. The molecular formula is C12H16N4O3S. The molecule has 2 rings (SSSR count). The van der Waals surface area contributed by atoms with E-state index in [2.05, 4.69) is 19.9 Å². The van der Waals surface area contributed by atoms with Crippen molar-refractivity contribution in [2.24, 2.45) is 0 Å². The maximum absolute atomic E-state index is 12.3. The van der Waals surface area contributed by atoms with Gasteiger partial charge in [0.1, 0.15) is 4.90 Å². The molecule has 0 aromatic carbocycles. The quantitative estimate of drug-likeness (QED) is 0.854. The highest BCUT2D eigenvalue weighted by molar-refractivity contribution is 7.89. The van der Waals surface area contributed by atoms with Gasteiger partial charge in [0.15, 0.2) is 0 Å². The van der Waals surface area contributed by atoms with Crippen molar-refractivity contribution >= 4 is 10.0 Å². The third-order valence-corrected chi connectivity index (χ3v) is 4.49. The Morgan fingerprint density at radius 1 is 1.40 bits per heavy atom. The van der Waals surface area contributed by atoms with Gasteiger partial charge in [-0.15, -0.1) is 0 Å². The molecule has 0 bridgehead atoms. The number of rotatable bonds is 5. The highest BCUT2D eigenvalue weighted by atomic mass is 32.2. The molecule has 2 aromatic heterocycles. The molecule has 7 nitrogen and oxygen atoms in total. The first kappa shape index (κ1) is 14.5. The normalized spacial score (nSPS) is 11.6. The van der Waals surface area contributed by atoms with Crippen LogP contribution >= 0.6 is 0 Å². The highest BCUT2D eigenvalue weighted by Gasteiger charge is 2.22. The van der Waals surface area contributed by atoms with E-state index in [0.29, 0.717) is 22.8 Å². The van der Waals surface area contributed by atoms with Crippen LogP contribution in [-0.4, -0.2) is 30.7 Å². The van der Waals surface area contributed by atoms with Gasteiger partial charge in [-0.2, -0.15) is 5.10 Å². The molecule has 0 saturated carbocycles. The number of H-pyrrole nitrogens is 1. The van der Waals surface area contributed by atoms with Crippen molar-refractivity contribution in [3.63, 3.8) is 0 Å². The summed E-state index contributed by atoms with van der Waals surface area (Å²) in [4.78, 5) is 4.20. The molecular weight excluding hydrogens is 280 g/mol. The van der Waals surface area contributed by atoms with Gasteiger partial charge in [0.25, 0.3) is 0 Å². The first-order chi connectivity index (χ1) is 9.45. The van der Waals surface area contributed by atoms with Crippen LogP contribution < -0.4 is 9.46 Å². The van der Waals surface area contributed by atoms with E-state index < -0.39 is 10.0 Å². The molecule has 2 N–H and O–H groups in total. The van der Waals surface area contributed by atoms with Gasteiger partial charge >= 0.3 is 0 Å². The average molecular weight is 296 g/mol. The van der Waals surface area contributed by atoms with Crippen LogP contribution in [0.25, 0.3) is 0 Å². The second kappa shape index (κ2) is 5.59. The fraction of sp³-hybridized carbons (Fsp3) is 0.333. The third-order valence-electron chi connectivity index (χ3n) is 2.83. The van der Waals surface area contributed by atoms with Crippen molar-refractivity contribution in [2.45, 2.75) is 25.3 Å². The maximum Gasteiger partial charge on any atom is 0.244 e. The van der Waals surface area contributed by atoms with Crippen LogP contribution in [0.5, 0.6) is 5.88 Å². The summed E-state index contributed by atoms with van der Waals surface area (Å²) < 4.78 is 32.2. The van der Waals surface area contributed by atoms with Crippen molar-refractivity contribution in [3.05, 3.63) is 35.3 Å². The molecule has 108 valence electrons. The van der Waals surface area contributed by atoms with Gasteiger partial charge in [0, 0.05) is 18.3 Å².